The molecule has 0 aromatic carbocycles. The van der Waals surface area contributed by atoms with Crippen molar-refractivity contribution in [1.29, 1.82) is 0 Å². The van der Waals surface area contributed by atoms with Crippen molar-refractivity contribution in [3.8, 4) is 0 Å². The van der Waals surface area contributed by atoms with Crippen LogP contribution in [0.25, 0.3) is 0 Å². The minimum Gasteiger partial charge on any atom is 0 e. The van der Waals surface area contributed by atoms with Crippen molar-refractivity contribution in [3.63, 3.8) is 0 Å². The van der Waals surface area contributed by atoms with E-state index in [2.05, 4.69) is 0 Å². The number of hydrogen-bond donors (Lipinski definition) is 3. The Morgan fingerprint density at radius 1 is 1.00 bits per heavy atom. The van der Waals surface area contributed by atoms with E-state index in [-0.39, 0.29) is 85.4 Å². The van der Waals surface area contributed by atoms with Crippen LogP contribution in [0.2, 0.25) is 0 Å². The van der Waals surface area contributed by atoms with Gasteiger partial charge in [0.2, 0.25) is 0 Å². The van der Waals surface area contributed by atoms with E-state index in [1.807, 2.05) is 0 Å². The molecule has 0 aliphatic rings. The van der Waals surface area contributed by atoms with Crippen molar-refractivity contribution in [3.05, 3.63) is 0 Å². The largest absolute Gasteiger partial charge is 0 e. The Balaban J connectivity index is -0.00000000800. The quantitative estimate of drug-likeness (QED) is 0.343. The van der Waals surface area contributed by atoms with Crippen molar-refractivity contribution in [1.82, 2.24) is 0 Å². The second kappa shape index (κ2) is 17.7. The molecule has 1 radical (unpaired) electrons. The summed E-state index contributed by atoms with van der Waals surface area (Å²) in [4.78, 5) is 21.6. The second-order valence-corrected chi connectivity index (χ2v) is 1.54. The van der Waals surface area contributed by atoms with Crippen LogP contribution in [-0.2, 0) is 38.7 Å². The van der Waals surface area contributed by atoms with Crippen LogP contribution < -0.4 is 0 Å². The van der Waals surface area contributed by atoms with Gasteiger partial charge in [-0.25, -0.2) is 4.57 Å². The molecule has 0 saturated heterocycles. The third-order valence-electron chi connectivity index (χ3n) is 0. The summed E-state index contributed by atoms with van der Waals surface area (Å²) in [6.45, 7) is 0. The molecule has 0 aliphatic heterocycles. The molecule has 0 amide bonds. The van der Waals surface area contributed by atoms with Gasteiger partial charge in [0.05, 0.1) is 0 Å². The van der Waals surface area contributed by atoms with Crippen molar-refractivity contribution in [2.75, 3.05) is 0 Å². The van der Waals surface area contributed by atoms with Crippen LogP contribution >= 0.6 is 21.3 Å². The number of phosphoric acid groups is 1. The summed E-state index contributed by atoms with van der Waals surface area (Å²) in [5.41, 5.74) is 0. The smallest absolute Gasteiger partial charge is 0 e. The third-order valence-corrected chi connectivity index (χ3v) is 0. The molecule has 59 valence electrons. The zero-order valence-electron chi connectivity index (χ0n) is 3.43. The first-order valence-corrected chi connectivity index (χ1v) is 2.35. The van der Waals surface area contributed by atoms with Gasteiger partial charge in [0.25, 0.3) is 0 Å². The van der Waals surface area contributed by atoms with Crippen LogP contribution in [-0.4, -0.2) is 52.4 Å². The van der Waals surface area contributed by atoms with E-state index >= 15 is 0 Å². The first kappa shape index (κ1) is 38.7. The predicted octanol–water partition coefficient (Wildman–Crippen LogP) is -2.12. The van der Waals surface area contributed by atoms with E-state index in [4.69, 9.17) is 19.2 Å². The molecule has 0 aromatic rings. The third kappa shape index (κ3) is 138. The summed E-state index contributed by atoms with van der Waals surface area (Å²) >= 11 is 0. The standard InChI is InChI=1S/Fe.2Li.Mn.H3O4P.H2S.2H/c;;;;1-5(2,3)4;;;/h;;;;(H3,1,2,3,4);1H2;;. The summed E-state index contributed by atoms with van der Waals surface area (Å²) in [5.74, 6) is 0. The van der Waals surface area contributed by atoms with Crippen LogP contribution in [0.15, 0.2) is 0 Å². The van der Waals surface area contributed by atoms with Crippen molar-refractivity contribution in [2.24, 2.45) is 0 Å². The average molecular weight is 259 g/mol. The van der Waals surface area contributed by atoms with Crippen molar-refractivity contribution < 1.29 is 53.4 Å². The maximum Gasteiger partial charge on any atom is 0 e. The van der Waals surface area contributed by atoms with Crippen molar-refractivity contribution in [2.45, 2.75) is 0 Å². The van der Waals surface area contributed by atoms with Gasteiger partial charge in [0.1, 0.15) is 0 Å². The summed E-state index contributed by atoms with van der Waals surface area (Å²) in [7, 11) is -4.64. The molecule has 0 spiro atoms. The second-order valence-electron chi connectivity index (χ2n) is 0.513. The van der Waals surface area contributed by atoms with Gasteiger partial charge in [-0.3, -0.25) is 0 Å². The van der Waals surface area contributed by atoms with Gasteiger partial charge >= 0.3 is 45.5 Å². The molecular weight excluding hydrogens is 252 g/mol. The molecule has 0 saturated carbocycles. The van der Waals surface area contributed by atoms with Crippen LogP contribution in [0.1, 0.15) is 0 Å². The molecule has 0 fully saturated rings. The van der Waals surface area contributed by atoms with E-state index in [0.717, 1.165) is 0 Å². The summed E-state index contributed by atoms with van der Waals surface area (Å²) in [6, 6.07) is 0. The minimum atomic E-state index is -4.64. The topological polar surface area (TPSA) is 77.8 Å². The molecule has 0 aliphatic carbocycles. The molecule has 3 N–H and O–H groups in total. The van der Waals surface area contributed by atoms with E-state index in [1.54, 1.807) is 0 Å². The van der Waals surface area contributed by atoms with Gasteiger partial charge < -0.3 is 14.7 Å². The fraction of sp³-hybridized carbons (Fsp3) is 0. The Morgan fingerprint density at radius 2 is 1.00 bits per heavy atom. The zero-order valence-corrected chi connectivity index (χ0v) is 7.61. The maximum absolute atomic E-state index is 8.88. The van der Waals surface area contributed by atoms with E-state index in [0.29, 0.717) is 0 Å². The monoisotopic (exact) mass is 259 g/mol. The molecule has 0 rings (SSSR count). The molecule has 10 heteroatoms. The fourth-order valence-corrected chi connectivity index (χ4v) is 0. The van der Waals surface area contributed by atoms with Crippen LogP contribution in [0, 0.1) is 0 Å². The molecule has 0 heterocycles. The normalized spacial score (nSPS) is 5.90. The Bertz CT molecular complexity index is 69.4. The molecule has 4 nitrogen and oxygen atoms in total. The fourth-order valence-electron chi connectivity index (χ4n) is 0. The number of rotatable bonds is 0. The zero-order chi connectivity index (χ0) is 4.50. The molecule has 0 atom stereocenters. The van der Waals surface area contributed by atoms with E-state index in [9.17, 15) is 0 Å². The van der Waals surface area contributed by atoms with Gasteiger partial charge in [-0.2, -0.15) is 13.5 Å². The predicted molar refractivity (Wildman–Crippen MR) is 38.9 cm³/mol. The van der Waals surface area contributed by atoms with E-state index in [1.165, 1.54) is 0 Å². The molecule has 10 heavy (non-hydrogen) atoms. The minimum absolute atomic E-state index is 0. The van der Waals surface area contributed by atoms with Crippen LogP contribution in [0.4, 0.5) is 0 Å². The Hall–Kier alpha value is 2.69. The molecule has 0 aromatic heterocycles. The van der Waals surface area contributed by atoms with E-state index < -0.39 is 7.82 Å². The molecule has 0 bridgehead atoms. The first-order valence-electron chi connectivity index (χ1n) is 0.783. The summed E-state index contributed by atoms with van der Waals surface area (Å²) in [6.07, 6.45) is 0. The number of hydrogen-bond acceptors (Lipinski definition) is 1. The first-order chi connectivity index (χ1) is 2.00. The van der Waals surface area contributed by atoms with Gasteiger partial charge in [0.15, 0.2) is 0 Å². The van der Waals surface area contributed by atoms with Gasteiger partial charge in [0, 0.05) is 34.1 Å². The van der Waals surface area contributed by atoms with Crippen LogP contribution in [0.3, 0.4) is 0 Å². The Kier molecular flexibility index (Phi) is 68.5. The SMILES string of the molecule is O=P(O)(O)O.S.[Fe].[LiH].[LiH].[Mn]. The van der Waals surface area contributed by atoms with Gasteiger partial charge in [-0.05, 0) is 0 Å². The summed E-state index contributed by atoms with van der Waals surface area (Å²) in [5, 5.41) is 0. The maximum atomic E-state index is 8.88. The van der Waals surface area contributed by atoms with Crippen LogP contribution in [0.5, 0.6) is 0 Å². The van der Waals surface area contributed by atoms with Gasteiger partial charge in [-0.15, -0.1) is 0 Å². The van der Waals surface area contributed by atoms with Crippen molar-refractivity contribution >= 4 is 59.0 Å². The summed E-state index contributed by atoms with van der Waals surface area (Å²) < 4.78 is 8.88. The Labute approximate surface area is 111 Å². The Morgan fingerprint density at radius 3 is 1.00 bits per heavy atom. The molecule has 0 unspecified atom stereocenters. The average Bonchev–Trinajstić information content (AvgIpc) is 0.722. The van der Waals surface area contributed by atoms with Gasteiger partial charge in [-0.1, -0.05) is 0 Å². The molecular formula is H7FeLi2MnO4PS.